The Kier molecular flexibility index (Phi) is 7.39. The van der Waals surface area contributed by atoms with E-state index in [0.29, 0.717) is 47.4 Å². The van der Waals surface area contributed by atoms with Crippen LogP contribution in [0.5, 0.6) is 0 Å². The van der Waals surface area contributed by atoms with Crippen molar-refractivity contribution in [3.05, 3.63) is 65.2 Å². The summed E-state index contributed by atoms with van der Waals surface area (Å²) in [6.07, 6.45) is 5.58. The molecule has 43 heavy (non-hydrogen) atoms. The van der Waals surface area contributed by atoms with E-state index in [9.17, 15) is 9.59 Å². The second-order valence-corrected chi connectivity index (χ2v) is 12.4. The van der Waals surface area contributed by atoms with E-state index in [1.165, 1.54) is 5.56 Å². The standard InChI is InChI=1S/C32H37N7O4/c1-32(2,3)43-31(41)39-16-23-27(30(39)40)24(15-34-28(23)21-9-12-33-29-22(21)10-13-38(29)6)35-26-8-7-20(19-11-14-42-18-19)25(36-26)17-37(4)5/h7-10,12-13,15,19H,11,14,16-18H2,1-6H3,(H,35,36)/t19-/m0/s1. The van der Waals surface area contributed by atoms with Crippen LogP contribution in [-0.2, 0) is 29.6 Å². The number of amides is 2. The lowest BCUT2D eigenvalue weighted by Crippen LogP contribution is -2.37. The molecule has 6 rings (SSSR count). The molecule has 0 spiro atoms. The molecule has 4 aromatic rings. The van der Waals surface area contributed by atoms with Gasteiger partial charge in [0.05, 0.1) is 42.0 Å². The lowest BCUT2D eigenvalue weighted by molar-refractivity contribution is 0.0248. The van der Waals surface area contributed by atoms with Gasteiger partial charge in [-0.15, -0.1) is 0 Å². The van der Waals surface area contributed by atoms with Crippen molar-refractivity contribution in [2.45, 2.75) is 51.8 Å². The summed E-state index contributed by atoms with van der Waals surface area (Å²) in [4.78, 5) is 44.7. The lowest BCUT2D eigenvalue weighted by Gasteiger charge is -2.23. The van der Waals surface area contributed by atoms with Crippen molar-refractivity contribution in [2.75, 3.05) is 32.6 Å². The maximum atomic E-state index is 13.9. The molecule has 1 saturated heterocycles. The number of nitrogens with zero attached hydrogens (tertiary/aromatic N) is 6. The van der Waals surface area contributed by atoms with Crippen LogP contribution in [0.1, 0.15) is 60.3 Å². The highest BCUT2D eigenvalue weighted by atomic mass is 16.6. The van der Waals surface area contributed by atoms with Gasteiger partial charge in [0.1, 0.15) is 17.1 Å². The maximum absolute atomic E-state index is 13.9. The molecule has 4 aromatic heterocycles. The number of carbonyl (C=O) groups excluding carboxylic acids is 2. The number of hydrogen-bond acceptors (Lipinski definition) is 9. The van der Waals surface area contributed by atoms with Gasteiger partial charge in [-0.2, -0.15) is 0 Å². The van der Waals surface area contributed by atoms with E-state index in [1.807, 2.05) is 50.1 Å². The van der Waals surface area contributed by atoms with Crippen LogP contribution < -0.4 is 5.32 Å². The largest absolute Gasteiger partial charge is 0.443 e. The van der Waals surface area contributed by atoms with Crippen molar-refractivity contribution in [3.63, 3.8) is 0 Å². The first-order chi connectivity index (χ1) is 20.5. The minimum atomic E-state index is -0.755. The van der Waals surface area contributed by atoms with Gasteiger partial charge in [-0.1, -0.05) is 6.07 Å². The molecule has 6 heterocycles. The Bertz CT molecular complexity index is 1720. The lowest BCUT2D eigenvalue weighted by atomic mass is 9.96. The molecule has 2 amide bonds. The summed E-state index contributed by atoms with van der Waals surface area (Å²) in [6.45, 7) is 7.47. The predicted octanol–water partition coefficient (Wildman–Crippen LogP) is 5.23. The smallest absolute Gasteiger partial charge is 0.417 e. The zero-order valence-corrected chi connectivity index (χ0v) is 25.5. The number of rotatable bonds is 6. The van der Waals surface area contributed by atoms with Crippen molar-refractivity contribution < 1.29 is 19.1 Å². The minimum Gasteiger partial charge on any atom is -0.443 e. The van der Waals surface area contributed by atoms with Gasteiger partial charge in [0.2, 0.25) is 0 Å². The highest BCUT2D eigenvalue weighted by Gasteiger charge is 2.39. The molecule has 1 N–H and O–H groups in total. The van der Waals surface area contributed by atoms with Gasteiger partial charge in [-0.05, 0) is 65.0 Å². The van der Waals surface area contributed by atoms with Crippen LogP contribution in [0.2, 0.25) is 0 Å². The third-order valence-corrected chi connectivity index (χ3v) is 7.70. The average molecular weight is 584 g/mol. The Hall–Kier alpha value is -4.35. The van der Waals surface area contributed by atoms with E-state index in [-0.39, 0.29) is 6.54 Å². The van der Waals surface area contributed by atoms with Gasteiger partial charge >= 0.3 is 6.09 Å². The Morgan fingerprint density at radius 3 is 2.72 bits per heavy atom. The van der Waals surface area contributed by atoms with Crippen LogP contribution in [0.4, 0.5) is 16.3 Å². The summed E-state index contributed by atoms with van der Waals surface area (Å²) in [5.41, 5.74) is 5.13. The van der Waals surface area contributed by atoms with Crippen molar-refractivity contribution in [2.24, 2.45) is 7.05 Å². The number of pyridine rings is 3. The van der Waals surface area contributed by atoms with E-state index in [2.05, 4.69) is 21.3 Å². The van der Waals surface area contributed by atoms with E-state index in [0.717, 1.165) is 40.2 Å². The molecule has 0 aromatic carbocycles. The Morgan fingerprint density at radius 1 is 1.19 bits per heavy atom. The molecule has 2 aliphatic rings. The summed E-state index contributed by atoms with van der Waals surface area (Å²) < 4.78 is 13.2. The molecular weight excluding hydrogens is 546 g/mol. The zero-order chi connectivity index (χ0) is 30.5. The molecule has 0 bridgehead atoms. The summed E-state index contributed by atoms with van der Waals surface area (Å²) in [5, 5.41) is 4.26. The minimum absolute atomic E-state index is 0.0392. The zero-order valence-electron chi connectivity index (χ0n) is 25.5. The molecule has 11 nitrogen and oxygen atoms in total. The predicted molar refractivity (Wildman–Crippen MR) is 163 cm³/mol. The normalized spacial score (nSPS) is 16.8. The topological polar surface area (TPSA) is 115 Å². The summed E-state index contributed by atoms with van der Waals surface area (Å²) >= 11 is 0. The fraction of sp³-hybridized carbons (Fsp3) is 0.406. The van der Waals surface area contributed by atoms with Crippen molar-refractivity contribution >= 4 is 34.5 Å². The third kappa shape index (κ3) is 5.57. The first-order valence-electron chi connectivity index (χ1n) is 14.5. The van der Waals surface area contributed by atoms with Crippen LogP contribution in [0.25, 0.3) is 22.3 Å². The van der Waals surface area contributed by atoms with Gasteiger partial charge in [0.15, 0.2) is 0 Å². The van der Waals surface area contributed by atoms with Gasteiger partial charge in [-0.3, -0.25) is 9.78 Å². The number of aryl methyl sites for hydroxylation is 1. The fourth-order valence-electron chi connectivity index (χ4n) is 5.78. The number of fused-ring (bicyclic) bond motifs is 2. The van der Waals surface area contributed by atoms with Crippen LogP contribution in [0, 0.1) is 0 Å². The number of nitrogens with one attached hydrogen (secondary N) is 1. The number of anilines is 2. The molecule has 11 heteroatoms. The Labute approximate surface area is 250 Å². The van der Waals surface area contributed by atoms with Gasteiger partial charge in [0, 0.05) is 55.0 Å². The third-order valence-electron chi connectivity index (χ3n) is 7.70. The molecular formula is C32H37N7O4. The van der Waals surface area contributed by atoms with Gasteiger partial charge in [0.25, 0.3) is 5.91 Å². The van der Waals surface area contributed by atoms with Gasteiger partial charge in [-0.25, -0.2) is 19.7 Å². The molecule has 1 atom stereocenters. The van der Waals surface area contributed by atoms with Crippen molar-refractivity contribution in [1.82, 2.24) is 29.3 Å². The molecule has 0 unspecified atom stereocenters. The van der Waals surface area contributed by atoms with Crippen LogP contribution >= 0.6 is 0 Å². The molecule has 0 radical (unpaired) electrons. The van der Waals surface area contributed by atoms with Crippen LogP contribution in [-0.4, -0.2) is 74.2 Å². The van der Waals surface area contributed by atoms with E-state index in [1.54, 1.807) is 33.2 Å². The van der Waals surface area contributed by atoms with Crippen LogP contribution in [0.3, 0.4) is 0 Å². The monoisotopic (exact) mass is 583 g/mol. The number of hydrogen-bond donors (Lipinski definition) is 1. The van der Waals surface area contributed by atoms with Crippen molar-refractivity contribution in [3.8, 4) is 11.3 Å². The summed E-state index contributed by atoms with van der Waals surface area (Å²) in [7, 11) is 5.96. The Balaban J connectivity index is 1.43. The SMILES string of the molecule is CN(C)Cc1nc(Nc2cnc(-c3ccnc4c3ccn4C)c3c2C(=O)N(C(=O)OC(C)(C)C)C3)ccc1[C@H]1CCOC1. The first kappa shape index (κ1) is 28.8. The van der Waals surface area contributed by atoms with Crippen LogP contribution in [0.15, 0.2) is 42.9 Å². The van der Waals surface area contributed by atoms with Gasteiger partial charge < -0.3 is 24.3 Å². The second-order valence-electron chi connectivity index (χ2n) is 12.4. The quantitative estimate of drug-likeness (QED) is 0.326. The molecule has 2 aliphatic heterocycles. The molecule has 1 fully saturated rings. The molecule has 0 saturated carbocycles. The number of ether oxygens (including phenoxy) is 2. The first-order valence-corrected chi connectivity index (χ1v) is 14.5. The van der Waals surface area contributed by atoms with E-state index >= 15 is 0 Å². The van der Waals surface area contributed by atoms with Crippen molar-refractivity contribution in [1.29, 1.82) is 0 Å². The Morgan fingerprint density at radius 2 is 2.00 bits per heavy atom. The fourth-order valence-corrected chi connectivity index (χ4v) is 5.78. The highest BCUT2D eigenvalue weighted by Crippen LogP contribution is 2.39. The number of aromatic nitrogens is 4. The molecule has 0 aliphatic carbocycles. The number of imide groups is 1. The summed E-state index contributed by atoms with van der Waals surface area (Å²) in [6, 6.07) is 7.88. The maximum Gasteiger partial charge on any atom is 0.417 e. The average Bonchev–Trinajstić information content (AvgIpc) is 3.68. The van der Waals surface area contributed by atoms with E-state index in [4.69, 9.17) is 19.4 Å². The summed E-state index contributed by atoms with van der Waals surface area (Å²) in [5.74, 6) is 0.456. The second kappa shape index (κ2) is 11.1. The molecule has 224 valence electrons. The number of carbonyl (C=O) groups is 2. The highest BCUT2D eigenvalue weighted by molar-refractivity contribution is 6.12. The van der Waals surface area contributed by atoms with E-state index < -0.39 is 17.6 Å².